The second-order valence-electron chi connectivity index (χ2n) is 6.77. The molecule has 1 amide bonds. The number of amides is 1. The third-order valence-corrected chi connectivity index (χ3v) is 4.73. The molecule has 0 atom stereocenters. The minimum atomic E-state index is -4.65. The van der Waals surface area contributed by atoms with E-state index in [1.807, 2.05) is 0 Å². The lowest BCUT2D eigenvalue weighted by molar-refractivity contribution is -0.138. The molecule has 0 spiro atoms. The minimum Gasteiger partial charge on any atom is -0.444 e. The number of benzene rings is 1. The molecule has 1 N–H and O–H groups in total. The number of carbonyl (C=O) groups excluding carboxylic acids is 1. The zero-order valence-electron chi connectivity index (χ0n) is 15.3. The zero-order chi connectivity index (χ0) is 20.3. The number of sulfonamides is 1. The summed E-state index contributed by atoms with van der Waals surface area (Å²) in [6.45, 7) is 6.15. The lowest BCUT2D eigenvalue weighted by Gasteiger charge is -2.24. The van der Waals surface area contributed by atoms with Crippen LogP contribution in [0.3, 0.4) is 0 Å². The highest BCUT2D eigenvalue weighted by molar-refractivity contribution is 7.89. The molecule has 0 bridgehead atoms. The number of likely N-dealkylation sites (N-methyl/N-ethyl adjacent to an activating group) is 1. The van der Waals surface area contributed by atoms with Crippen LogP contribution in [-0.2, 0) is 20.9 Å². The fourth-order valence-electron chi connectivity index (χ4n) is 1.94. The fourth-order valence-corrected chi connectivity index (χ4v) is 2.98. The Bertz CT molecular complexity index is 756. The van der Waals surface area contributed by atoms with Crippen molar-refractivity contribution in [2.24, 2.45) is 0 Å². The van der Waals surface area contributed by atoms with Crippen molar-refractivity contribution in [3.8, 4) is 0 Å². The van der Waals surface area contributed by atoms with Gasteiger partial charge in [-0.25, -0.2) is 17.9 Å². The van der Waals surface area contributed by atoms with Gasteiger partial charge in [0, 0.05) is 20.1 Å². The third kappa shape index (κ3) is 6.49. The van der Waals surface area contributed by atoms with Crippen molar-refractivity contribution in [1.29, 1.82) is 0 Å². The second-order valence-corrected chi connectivity index (χ2v) is 8.54. The first-order valence-electron chi connectivity index (χ1n) is 7.75. The van der Waals surface area contributed by atoms with Gasteiger partial charge in [0.2, 0.25) is 10.0 Å². The summed E-state index contributed by atoms with van der Waals surface area (Å²) in [7, 11) is -2.72. The molecule has 10 heteroatoms. The molecule has 1 aromatic rings. The number of rotatable bonds is 5. The van der Waals surface area contributed by atoms with Crippen molar-refractivity contribution < 1.29 is 31.1 Å². The molecular weight excluding hydrogens is 373 g/mol. The minimum absolute atomic E-state index is 0.00780. The summed E-state index contributed by atoms with van der Waals surface area (Å²) in [4.78, 5) is 12.5. The quantitative estimate of drug-likeness (QED) is 0.830. The maximum Gasteiger partial charge on any atom is 0.416 e. The van der Waals surface area contributed by atoms with Gasteiger partial charge in [-0.15, -0.1) is 0 Å². The van der Waals surface area contributed by atoms with Gasteiger partial charge in [0.15, 0.2) is 0 Å². The Morgan fingerprint density at radius 2 is 1.81 bits per heavy atom. The van der Waals surface area contributed by atoms with E-state index >= 15 is 0 Å². The number of halogens is 3. The Hall–Kier alpha value is -1.81. The van der Waals surface area contributed by atoms with Gasteiger partial charge in [0.25, 0.3) is 0 Å². The van der Waals surface area contributed by atoms with Crippen LogP contribution in [0, 0.1) is 6.92 Å². The first kappa shape index (κ1) is 22.2. The molecule has 0 aliphatic rings. The van der Waals surface area contributed by atoms with Crippen LogP contribution in [0.25, 0.3) is 0 Å². The van der Waals surface area contributed by atoms with Crippen LogP contribution in [-0.4, -0.2) is 45.1 Å². The van der Waals surface area contributed by atoms with E-state index in [0.717, 1.165) is 12.1 Å². The average Bonchev–Trinajstić information content (AvgIpc) is 2.44. The van der Waals surface area contributed by atoms with Crippen LogP contribution in [0.1, 0.15) is 31.9 Å². The molecule has 0 fully saturated rings. The van der Waals surface area contributed by atoms with Gasteiger partial charge in [-0.1, -0.05) is 6.07 Å². The molecule has 0 saturated heterocycles. The van der Waals surface area contributed by atoms with E-state index in [1.165, 1.54) is 18.9 Å². The van der Waals surface area contributed by atoms with E-state index in [0.29, 0.717) is 6.07 Å². The standard InChI is InChI=1S/C16H23F3N2O4S/c1-11-6-7-12(10-13(11)16(17,18)19)26(23,24)20-8-9-21(5)14(22)25-15(2,3)4/h6-7,10,20H,8-9H2,1-5H3. The summed E-state index contributed by atoms with van der Waals surface area (Å²) in [6, 6.07) is 2.80. The van der Waals surface area contributed by atoms with Gasteiger partial charge in [-0.2, -0.15) is 13.2 Å². The molecule has 26 heavy (non-hydrogen) atoms. The Morgan fingerprint density at radius 1 is 1.23 bits per heavy atom. The van der Waals surface area contributed by atoms with Crippen LogP contribution in [0.15, 0.2) is 23.1 Å². The van der Waals surface area contributed by atoms with Crippen molar-refractivity contribution >= 4 is 16.1 Å². The topological polar surface area (TPSA) is 75.7 Å². The molecule has 0 heterocycles. The van der Waals surface area contributed by atoms with Crippen LogP contribution in [0.4, 0.5) is 18.0 Å². The molecule has 148 valence electrons. The molecule has 0 aliphatic heterocycles. The van der Waals surface area contributed by atoms with Crippen LogP contribution >= 0.6 is 0 Å². The van der Waals surface area contributed by atoms with E-state index in [1.54, 1.807) is 20.8 Å². The van der Waals surface area contributed by atoms with Gasteiger partial charge in [-0.05, 0) is 45.4 Å². The van der Waals surface area contributed by atoms with Gasteiger partial charge >= 0.3 is 12.3 Å². The number of nitrogens with zero attached hydrogens (tertiary/aromatic N) is 1. The van der Waals surface area contributed by atoms with Gasteiger partial charge in [0.1, 0.15) is 5.60 Å². The smallest absolute Gasteiger partial charge is 0.416 e. The largest absolute Gasteiger partial charge is 0.444 e. The van der Waals surface area contributed by atoms with Gasteiger partial charge in [-0.3, -0.25) is 0 Å². The van der Waals surface area contributed by atoms with Crippen molar-refractivity contribution in [2.75, 3.05) is 20.1 Å². The Labute approximate surface area is 151 Å². The third-order valence-electron chi connectivity index (χ3n) is 3.27. The van der Waals surface area contributed by atoms with Crippen LogP contribution < -0.4 is 4.72 Å². The Morgan fingerprint density at radius 3 is 2.31 bits per heavy atom. The van der Waals surface area contributed by atoms with Crippen LogP contribution in [0.5, 0.6) is 0 Å². The van der Waals surface area contributed by atoms with E-state index < -0.39 is 38.4 Å². The number of nitrogens with one attached hydrogen (secondary N) is 1. The van der Waals surface area contributed by atoms with E-state index in [-0.39, 0.29) is 18.7 Å². The molecule has 0 unspecified atom stereocenters. The number of hydrogen-bond donors (Lipinski definition) is 1. The molecular formula is C16H23F3N2O4S. The number of aryl methyl sites for hydroxylation is 1. The summed E-state index contributed by atoms with van der Waals surface area (Å²) in [5, 5.41) is 0. The number of carbonyl (C=O) groups is 1. The number of ether oxygens (including phenoxy) is 1. The van der Waals surface area contributed by atoms with Gasteiger partial charge in [0.05, 0.1) is 10.5 Å². The lowest BCUT2D eigenvalue weighted by Crippen LogP contribution is -2.39. The molecule has 1 aromatic carbocycles. The van der Waals surface area contributed by atoms with Crippen molar-refractivity contribution in [1.82, 2.24) is 9.62 Å². The number of hydrogen-bond acceptors (Lipinski definition) is 4. The highest BCUT2D eigenvalue weighted by Crippen LogP contribution is 2.33. The van der Waals surface area contributed by atoms with Crippen LogP contribution in [0.2, 0.25) is 0 Å². The summed E-state index contributed by atoms with van der Waals surface area (Å²) in [5.41, 5.74) is -1.77. The molecule has 6 nitrogen and oxygen atoms in total. The van der Waals surface area contributed by atoms with Crippen molar-refractivity contribution in [2.45, 2.75) is 44.4 Å². The SMILES string of the molecule is Cc1ccc(S(=O)(=O)NCCN(C)C(=O)OC(C)(C)C)cc1C(F)(F)F. The maximum atomic E-state index is 12.9. The Balaban J connectivity index is 2.78. The first-order valence-corrected chi connectivity index (χ1v) is 9.23. The van der Waals surface area contributed by atoms with Gasteiger partial charge < -0.3 is 9.64 Å². The van der Waals surface area contributed by atoms with E-state index in [4.69, 9.17) is 4.74 Å². The fraction of sp³-hybridized carbons (Fsp3) is 0.562. The molecule has 0 aromatic heterocycles. The summed E-state index contributed by atoms with van der Waals surface area (Å²) in [6.07, 6.45) is -5.28. The first-order chi connectivity index (χ1) is 11.6. The lowest BCUT2D eigenvalue weighted by atomic mass is 10.1. The summed E-state index contributed by atoms with van der Waals surface area (Å²) >= 11 is 0. The number of alkyl halides is 3. The normalized spacial score (nSPS) is 12.8. The molecule has 1 rings (SSSR count). The highest BCUT2D eigenvalue weighted by Gasteiger charge is 2.33. The van der Waals surface area contributed by atoms with Crippen molar-refractivity contribution in [3.63, 3.8) is 0 Å². The Kier molecular flexibility index (Phi) is 6.69. The van der Waals surface area contributed by atoms with Crippen molar-refractivity contribution in [3.05, 3.63) is 29.3 Å². The highest BCUT2D eigenvalue weighted by atomic mass is 32.2. The summed E-state index contributed by atoms with van der Waals surface area (Å²) in [5.74, 6) is 0. The predicted octanol–water partition coefficient (Wildman–Crippen LogP) is 3.16. The second kappa shape index (κ2) is 7.83. The molecule has 0 aliphatic carbocycles. The monoisotopic (exact) mass is 396 g/mol. The van der Waals surface area contributed by atoms with E-state index in [9.17, 15) is 26.4 Å². The zero-order valence-corrected chi connectivity index (χ0v) is 16.1. The predicted molar refractivity (Wildman–Crippen MR) is 90.2 cm³/mol. The average molecular weight is 396 g/mol. The maximum absolute atomic E-state index is 12.9. The summed E-state index contributed by atoms with van der Waals surface area (Å²) < 4.78 is 70.5. The van der Waals surface area contributed by atoms with E-state index in [2.05, 4.69) is 4.72 Å². The molecule has 0 radical (unpaired) electrons. The molecule has 0 saturated carbocycles.